The molecule has 0 saturated carbocycles. The average Bonchev–Trinajstić information content (AvgIpc) is 2.74. The molecular weight excluding hydrogens is 407 g/mol. The molecule has 0 fully saturated rings. The molecule has 158 valence electrons. The Morgan fingerprint density at radius 1 is 0.903 bits per heavy atom. The van der Waals surface area contributed by atoms with E-state index in [1.54, 1.807) is 55.5 Å². The minimum absolute atomic E-state index is 0.138. The minimum atomic E-state index is -4.72. The summed E-state index contributed by atoms with van der Waals surface area (Å²) in [4.78, 5) is 12.7. The van der Waals surface area contributed by atoms with E-state index in [2.05, 4.69) is 4.74 Å². The topological polar surface area (TPSA) is 51.5 Å². The SMILES string of the molecule is Cc1c(-c2ccc(Cc3ccc(OC(F)(F)F)cc3)cc2)n(O)c2ccccc2c1=O. The van der Waals surface area contributed by atoms with Crippen LogP contribution in [0.5, 0.6) is 5.75 Å². The van der Waals surface area contributed by atoms with Gasteiger partial charge in [0.1, 0.15) is 5.75 Å². The zero-order chi connectivity index (χ0) is 22.2. The Kier molecular flexibility index (Phi) is 5.19. The molecule has 1 heterocycles. The van der Waals surface area contributed by atoms with Gasteiger partial charge < -0.3 is 9.94 Å². The van der Waals surface area contributed by atoms with Gasteiger partial charge in [-0.05, 0) is 48.7 Å². The summed E-state index contributed by atoms with van der Waals surface area (Å²) >= 11 is 0. The number of fused-ring (bicyclic) bond motifs is 1. The quantitative estimate of drug-likeness (QED) is 0.427. The van der Waals surface area contributed by atoms with Crippen LogP contribution in [0.15, 0.2) is 77.6 Å². The van der Waals surface area contributed by atoms with Crippen molar-refractivity contribution >= 4 is 10.9 Å². The van der Waals surface area contributed by atoms with Crippen LogP contribution >= 0.6 is 0 Å². The number of alkyl halides is 3. The van der Waals surface area contributed by atoms with Gasteiger partial charge in [-0.2, -0.15) is 4.73 Å². The predicted molar refractivity (Wildman–Crippen MR) is 111 cm³/mol. The number of rotatable bonds is 4. The van der Waals surface area contributed by atoms with E-state index in [0.29, 0.717) is 34.1 Å². The largest absolute Gasteiger partial charge is 0.573 e. The van der Waals surface area contributed by atoms with Crippen molar-refractivity contribution in [3.05, 3.63) is 99.7 Å². The van der Waals surface area contributed by atoms with Gasteiger partial charge in [-0.3, -0.25) is 4.79 Å². The monoisotopic (exact) mass is 425 g/mol. The molecule has 0 spiro atoms. The lowest BCUT2D eigenvalue weighted by Gasteiger charge is -2.14. The molecule has 0 aliphatic heterocycles. The van der Waals surface area contributed by atoms with Crippen molar-refractivity contribution in [3.63, 3.8) is 0 Å². The first-order valence-corrected chi connectivity index (χ1v) is 9.50. The van der Waals surface area contributed by atoms with Crippen molar-refractivity contribution in [2.75, 3.05) is 0 Å². The molecule has 0 atom stereocenters. The van der Waals surface area contributed by atoms with Gasteiger partial charge >= 0.3 is 6.36 Å². The summed E-state index contributed by atoms with van der Waals surface area (Å²) in [6.45, 7) is 1.68. The summed E-state index contributed by atoms with van der Waals surface area (Å²) in [6.07, 6.45) is -4.21. The van der Waals surface area contributed by atoms with Crippen LogP contribution in [-0.4, -0.2) is 16.3 Å². The van der Waals surface area contributed by atoms with Gasteiger partial charge in [0.15, 0.2) is 5.43 Å². The molecule has 0 radical (unpaired) electrons. The molecule has 0 aliphatic rings. The number of aromatic nitrogens is 1. The molecule has 1 aromatic heterocycles. The zero-order valence-corrected chi connectivity index (χ0v) is 16.5. The zero-order valence-electron chi connectivity index (χ0n) is 16.5. The van der Waals surface area contributed by atoms with Gasteiger partial charge in [0.05, 0.1) is 11.2 Å². The Hall–Kier alpha value is -3.74. The molecule has 0 unspecified atom stereocenters. The fourth-order valence-electron chi connectivity index (χ4n) is 3.60. The summed E-state index contributed by atoms with van der Waals surface area (Å²) in [5.41, 5.74) is 3.58. The summed E-state index contributed by atoms with van der Waals surface area (Å²) < 4.78 is 41.7. The number of hydrogen-bond acceptors (Lipinski definition) is 3. The first kappa shape index (κ1) is 20.5. The smallest absolute Gasteiger partial charge is 0.428 e. The maximum Gasteiger partial charge on any atom is 0.573 e. The molecule has 0 aliphatic carbocycles. The molecule has 1 N–H and O–H groups in total. The third kappa shape index (κ3) is 4.26. The second-order valence-electron chi connectivity index (χ2n) is 7.20. The maximum absolute atomic E-state index is 12.7. The Labute approximate surface area is 175 Å². The molecule has 0 amide bonds. The van der Waals surface area contributed by atoms with Crippen LogP contribution in [0.4, 0.5) is 13.2 Å². The Morgan fingerprint density at radius 3 is 2.10 bits per heavy atom. The van der Waals surface area contributed by atoms with Gasteiger partial charge in [0.2, 0.25) is 0 Å². The van der Waals surface area contributed by atoms with Crippen LogP contribution in [0.2, 0.25) is 0 Å². The molecular formula is C24H18F3NO3. The lowest BCUT2D eigenvalue weighted by Crippen LogP contribution is -2.17. The van der Waals surface area contributed by atoms with Crippen LogP contribution < -0.4 is 10.2 Å². The third-order valence-corrected chi connectivity index (χ3v) is 5.08. The highest BCUT2D eigenvalue weighted by Crippen LogP contribution is 2.26. The second-order valence-corrected chi connectivity index (χ2v) is 7.20. The third-order valence-electron chi connectivity index (χ3n) is 5.08. The second kappa shape index (κ2) is 7.83. The number of halogens is 3. The molecule has 3 aromatic carbocycles. The highest BCUT2D eigenvalue weighted by Gasteiger charge is 2.30. The number of ether oxygens (including phenoxy) is 1. The minimum Gasteiger partial charge on any atom is -0.428 e. The number of nitrogens with zero attached hydrogens (tertiary/aromatic N) is 1. The molecule has 0 bridgehead atoms. The van der Waals surface area contributed by atoms with Crippen molar-refractivity contribution in [2.24, 2.45) is 0 Å². The van der Waals surface area contributed by atoms with Crippen molar-refractivity contribution < 1.29 is 23.1 Å². The first-order valence-electron chi connectivity index (χ1n) is 9.50. The standard InChI is InChI=1S/C24H18F3NO3/c1-15-22(28(30)21-5-3-2-4-20(21)23(15)29)18-10-6-16(7-11-18)14-17-8-12-19(13-9-17)31-24(25,26)27/h2-13,30H,14H2,1H3. The Balaban J connectivity index is 1.60. The number of benzene rings is 3. The fraction of sp³-hybridized carbons (Fsp3) is 0.125. The highest BCUT2D eigenvalue weighted by molar-refractivity contribution is 5.83. The normalized spacial score (nSPS) is 11.6. The van der Waals surface area contributed by atoms with E-state index >= 15 is 0 Å². The van der Waals surface area contributed by atoms with Crippen LogP contribution in [0.1, 0.15) is 16.7 Å². The first-order chi connectivity index (χ1) is 14.7. The van der Waals surface area contributed by atoms with Crippen LogP contribution in [0, 0.1) is 6.92 Å². The van der Waals surface area contributed by atoms with Crippen molar-refractivity contribution in [1.29, 1.82) is 0 Å². The van der Waals surface area contributed by atoms with Gasteiger partial charge in [-0.15, -0.1) is 13.2 Å². The summed E-state index contributed by atoms with van der Waals surface area (Å²) in [7, 11) is 0. The number of hydrogen-bond donors (Lipinski definition) is 1. The van der Waals surface area contributed by atoms with Crippen LogP contribution in [0.25, 0.3) is 22.2 Å². The maximum atomic E-state index is 12.7. The molecule has 0 saturated heterocycles. The fourth-order valence-corrected chi connectivity index (χ4v) is 3.60. The summed E-state index contributed by atoms with van der Waals surface area (Å²) in [5, 5.41) is 11.2. The van der Waals surface area contributed by atoms with Crippen molar-refractivity contribution in [2.45, 2.75) is 19.7 Å². The van der Waals surface area contributed by atoms with E-state index in [-0.39, 0.29) is 11.2 Å². The van der Waals surface area contributed by atoms with Gasteiger partial charge in [0, 0.05) is 16.5 Å². The number of para-hydroxylation sites is 1. The Morgan fingerprint density at radius 2 is 1.48 bits per heavy atom. The van der Waals surface area contributed by atoms with Gasteiger partial charge in [0.25, 0.3) is 0 Å². The van der Waals surface area contributed by atoms with Crippen molar-refractivity contribution in [1.82, 2.24) is 4.73 Å². The predicted octanol–water partition coefficient (Wildman–Crippen LogP) is 5.70. The van der Waals surface area contributed by atoms with Gasteiger partial charge in [-0.25, -0.2) is 0 Å². The van der Waals surface area contributed by atoms with Crippen molar-refractivity contribution in [3.8, 4) is 17.0 Å². The van der Waals surface area contributed by atoms with E-state index < -0.39 is 6.36 Å². The summed E-state index contributed by atoms with van der Waals surface area (Å²) in [5.74, 6) is -0.265. The average molecular weight is 425 g/mol. The molecule has 4 nitrogen and oxygen atoms in total. The van der Waals surface area contributed by atoms with Crippen LogP contribution in [-0.2, 0) is 6.42 Å². The van der Waals surface area contributed by atoms with E-state index in [1.165, 1.54) is 12.1 Å². The van der Waals surface area contributed by atoms with Crippen LogP contribution in [0.3, 0.4) is 0 Å². The molecule has 4 aromatic rings. The highest BCUT2D eigenvalue weighted by atomic mass is 19.4. The summed E-state index contributed by atoms with van der Waals surface area (Å²) in [6, 6.07) is 19.9. The lowest BCUT2D eigenvalue weighted by atomic mass is 9.99. The van der Waals surface area contributed by atoms with Gasteiger partial charge in [-0.1, -0.05) is 48.5 Å². The Bertz CT molecular complexity index is 1290. The molecule has 31 heavy (non-hydrogen) atoms. The van der Waals surface area contributed by atoms with E-state index in [4.69, 9.17) is 0 Å². The lowest BCUT2D eigenvalue weighted by molar-refractivity contribution is -0.274. The number of pyridine rings is 1. The molecule has 7 heteroatoms. The van der Waals surface area contributed by atoms with E-state index in [1.807, 2.05) is 12.1 Å². The van der Waals surface area contributed by atoms with E-state index in [0.717, 1.165) is 15.9 Å². The molecule has 4 rings (SSSR count). The van der Waals surface area contributed by atoms with E-state index in [9.17, 15) is 23.2 Å².